The number of piperidine rings is 1. The van der Waals surface area contributed by atoms with Gasteiger partial charge in [-0.1, -0.05) is 0 Å². The SMILES string of the molecule is CC1(O)CCN(Cc2occc2C(=O)O)CC1. The lowest BCUT2D eigenvalue weighted by Crippen LogP contribution is -2.42. The van der Waals surface area contributed by atoms with Crippen LogP contribution in [0.3, 0.4) is 0 Å². The molecule has 2 rings (SSSR count). The monoisotopic (exact) mass is 239 g/mol. The molecule has 0 spiro atoms. The van der Waals surface area contributed by atoms with E-state index in [2.05, 4.69) is 4.90 Å². The highest BCUT2D eigenvalue weighted by Crippen LogP contribution is 2.23. The summed E-state index contributed by atoms with van der Waals surface area (Å²) in [5, 5.41) is 18.8. The van der Waals surface area contributed by atoms with Gasteiger partial charge in [0.25, 0.3) is 0 Å². The maximum atomic E-state index is 10.9. The van der Waals surface area contributed by atoms with Gasteiger partial charge < -0.3 is 14.6 Å². The summed E-state index contributed by atoms with van der Waals surface area (Å²) >= 11 is 0. The molecule has 17 heavy (non-hydrogen) atoms. The lowest BCUT2D eigenvalue weighted by atomic mass is 9.94. The Morgan fingerprint density at radius 1 is 1.53 bits per heavy atom. The van der Waals surface area contributed by atoms with Crippen molar-refractivity contribution in [3.8, 4) is 0 Å². The zero-order chi connectivity index (χ0) is 12.5. The van der Waals surface area contributed by atoms with Crippen molar-refractivity contribution >= 4 is 5.97 Å². The van der Waals surface area contributed by atoms with Crippen molar-refractivity contribution in [2.45, 2.75) is 31.9 Å². The van der Waals surface area contributed by atoms with Crippen LogP contribution in [0.5, 0.6) is 0 Å². The Morgan fingerprint density at radius 3 is 2.76 bits per heavy atom. The van der Waals surface area contributed by atoms with Gasteiger partial charge in [0, 0.05) is 13.1 Å². The first-order valence-electron chi connectivity index (χ1n) is 5.72. The maximum Gasteiger partial charge on any atom is 0.339 e. The summed E-state index contributed by atoms with van der Waals surface area (Å²) < 4.78 is 5.20. The van der Waals surface area contributed by atoms with Crippen LogP contribution in [0.2, 0.25) is 0 Å². The Hall–Kier alpha value is -1.33. The quantitative estimate of drug-likeness (QED) is 0.832. The third-order valence-corrected chi connectivity index (χ3v) is 3.28. The van der Waals surface area contributed by atoms with E-state index in [0.29, 0.717) is 25.1 Å². The third-order valence-electron chi connectivity index (χ3n) is 3.28. The number of furan rings is 1. The standard InChI is InChI=1S/C12H17NO4/c1-12(16)3-5-13(6-4-12)8-10-9(11(14)15)2-7-17-10/h2,7,16H,3-6,8H2,1H3,(H,14,15). The molecule has 0 bridgehead atoms. The highest BCUT2D eigenvalue weighted by Gasteiger charge is 2.28. The number of hydrogen-bond acceptors (Lipinski definition) is 4. The fourth-order valence-corrected chi connectivity index (χ4v) is 2.05. The molecule has 2 heterocycles. The molecule has 94 valence electrons. The molecule has 0 aromatic carbocycles. The van der Waals surface area contributed by atoms with E-state index >= 15 is 0 Å². The Labute approximate surface area is 99.6 Å². The smallest absolute Gasteiger partial charge is 0.339 e. The summed E-state index contributed by atoms with van der Waals surface area (Å²) in [5.41, 5.74) is -0.364. The highest BCUT2D eigenvalue weighted by atomic mass is 16.4. The van der Waals surface area contributed by atoms with Crippen LogP contribution in [-0.2, 0) is 6.54 Å². The van der Waals surface area contributed by atoms with Crippen LogP contribution in [-0.4, -0.2) is 39.8 Å². The second-order valence-electron chi connectivity index (χ2n) is 4.84. The van der Waals surface area contributed by atoms with Crippen molar-refractivity contribution in [1.82, 2.24) is 4.90 Å². The number of carboxylic acids is 1. The number of hydrogen-bond donors (Lipinski definition) is 2. The Morgan fingerprint density at radius 2 is 2.18 bits per heavy atom. The number of aromatic carboxylic acids is 1. The predicted molar refractivity (Wildman–Crippen MR) is 60.8 cm³/mol. The van der Waals surface area contributed by atoms with Crippen LogP contribution in [0.4, 0.5) is 0 Å². The molecule has 5 nitrogen and oxygen atoms in total. The van der Waals surface area contributed by atoms with E-state index in [1.54, 1.807) is 0 Å². The molecule has 0 saturated carbocycles. The molecule has 1 saturated heterocycles. The van der Waals surface area contributed by atoms with Gasteiger partial charge in [0.2, 0.25) is 0 Å². The van der Waals surface area contributed by atoms with Gasteiger partial charge in [-0.3, -0.25) is 4.90 Å². The zero-order valence-electron chi connectivity index (χ0n) is 9.85. The van der Waals surface area contributed by atoms with Crippen molar-refractivity contribution < 1.29 is 19.4 Å². The van der Waals surface area contributed by atoms with Gasteiger partial charge in [-0.2, -0.15) is 0 Å². The minimum absolute atomic E-state index is 0.224. The Balaban J connectivity index is 1.98. The van der Waals surface area contributed by atoms with Gasteiger partial charge in [-0.05, 0) is 25.8 Å². The average molecular weight is 239 g/mol. The van der Waals surface area contributed by atoms with Crippen LogP contribution < -0.4 is 0 Å². The molecule has 1 aliphatic rings. The van der Waals surface area contributed by atoms with Gasteiger partial charge in [-0.25, -0.2) is 4.79 Å². The highest BCUT2D eigenvalue weighted by molar-refractivity contribution is 5.88. The second kappa shape index (κ2) is 4.50. The van der Waals surface area contributed by atoms with E-state index in [1.807, 2.05) is 6.92 Å². The van der Waals surface area contributed by atoms with Crippen molar-refractivity contribution in [2.24, 2.45) is 0 Å². The topological polar surface area (TPSA) is 73.9 Å². The first kappa shape index (κ1) is 12.1. The zero-order valence-corrected chi connectivity index (χ0v) is 9.85. The molecule has 1 aromatic rings. The molecule has 0 amide bonds. The second-order valence-corrected chi connectivity index (χ2v) is 4.84. The summed E-state index contributed by atoms with van der Waals surface area (Å²) in [6.07, 6.45) is 2.81. The van der Waals surface area contributed by atoms with Crippen LogP contribution in [0.25, 0.3) is 0 Å². The normalized spacial score (nSPS) is 20.4. The molecular formula is C12H17NO4. The lowest BCUT2D eigenvalue weighted by Gasteiger charge is -2.35. The van der Waals surface area contributed by atoms with Crippen LogP contribution in [0.15, 0.2) is 16.7 Å². The molecule has 0 aliphatic carbocycles. The summed E-state index contributed by atoms with van der Waals surface area (Å²) in [6.45, 7) is 3.84. The number of likely N-dealkylation sites (tertiary alicyclic amines) is 1. The fourth-order valence-electron chi connectivity index (χ4n) is 2.05. The molecule has 0 radical (unpaired) electrons. The largest absolute Gasteiger partial charge is 0.478 e. The van der Waals surface area contributed by atoms with Crippen molar-refractivity contribution in [1.29, 1.82) is 0 Å². The predicted octanol–water partition coefficient (Wildman–Crippen LogP) is 1.32. The van der Waals surface area contributed by atoms with Crippen LogP contribution in [0.1, 0.15) is 35.9 Å². The van der Waals surface area contributed by atoms with Crippen LogP contribution in [0, 0.1) is 0 Å². The number of carboxylic acid groups (broad SMARTS) is 1. The van der Waals surface area contributed by atoms with Gasteiger partial charge >= 0.3 is 5.97 Å². The average Bonchev–Trinajstić information content (AvgIpc) is 2.69. The molecule has 1 aliphatic heterocycles. The van der Waals surface area contributed by atoms with E-state index in [-0.39, 0.29) is 5.56 Å². The number of rotatable bonds is 3. The molecular weight excluding hydrogens is 222 g/mol. The number of aliphatic hydroxyl groups is 1. The first-order chi connectivity index (χ1) is 7.98. The first-order valence-corrected chi connectivity index (χ1v) is 5.72. The molecule has 1 aromatic heterocycles. The van der Waals surface area contributed by atoms with Crippen molar-refractivity contribution in [3.05, 3.63) is 23.7 Å². The van der Waals surface area contributed by atoms with Crippen molar-refractivity contribution in [2.75, 3.05) is 13.1 Å². The Kier molecular flexibility index (Phi) is 3.22. The van der Waals surface area contributed by atoms with Gasteiger partial charge in [0.1, 0.15) is 11.3 Å². The molecule has 0 atom stereocenters. The minimum atomic E-state index is -0.960. The van der Waals surface area contributed by atoms with E-state index in [0.717, 1.165) is 13.1 Å². The van der Waals surface area contributed by atoms with Gasteiger partial charge in [0.05, 0.1) is 18.4 Å². The molecule has 0 unspecified atom stereocenters. The molecule has 2 N–H and O–H groups in total. The van der Waals surface area contributed by atoms with Gasteiger partial charge in [0.15, 0.2) is 0 Å². The summed E-state index contributed by atoms with van der Waals surface area (Å²) in [6, 6.07) is 1.47. The summed E-state index contributed by atoms with van der Waals surface area (Å²) in [4.78, 5) is 13.0. The van der Waals surface area contributed by atoms with E-state index in [9.17, 15) is 9.90 Å². The van der Waals surface area contributed by atoms with E-state index in [4.69, 9.17) is 9.52 Å². The summed E-state index contributed by atoms with van der Waals surface area (Å²) in [5.74, 6) is -0.475. The van der Waals surface area contributed by atoms with Gasteiger partial charge in [-0.15, -0.1) is 0 Å². The lowest BCUT2D eigenvalue weighted by molar-refractivity contribution is -0.00885. The third kappa shape index (κ3) is 2.87. The van der Waals surface area contributed by atoms with Crippen LogP contribution >= 0.6 is 0 Å². The number of nitrogens with zero attached hydrogens (tertiary/aromatic N) is 1. The fraction of sp³-hybridized carbons (Fsp3) is 0.583. The minimum Gasteiger partial charge on any atom is -0.478 e. The van der Waals surface area contributed by atoms with Crippen molar-refractivity contribution in [3.63, 3.8) is 0 Å². The molecule has 1 fully saturated rings. The van der Waals surface area contributed by atoms with E-state index in [1.165, 1.54) is 12.3 Å². The molecule has 5 heteroatoms. The Bertz CT molecular complexity index is 400. The van der Waals surface area contributed by atoms with E-state index < -0.39 is 11.6 Å². The number of carbonyl (C=O) groups is 1. The summed E-state index contributed by atoms with van der Waals surface area (Å²) in [7, 11) is 0. The maximum absolute atomic E-state index is 10.9.